The van der Waals surface area contributed by atoms with Gasteiger partial charge in [-0.25, -0.2) is 30.7 Å². The molecule has 2 unspecified atom stereocenters. The molecule has 1 heterocycles. The second-order valence-electron chi connectivity index (χ2n) is 11.4. The fraction of sp³-hybridized carbons (Fsp3) is 0.412. The normalized spacial score (nSPS) is 23.5. The van der Waals surface area contributed by atoms with Crippen LogP contribution in [0.5, 0.6) is 0 Å². The summed E-state index contributed by atoms with van der Waals surface area (Å²) in [5.41, 5.74) is 1.96. The smallest absolute Gasteiger partial charge is 0.194 e. The first-order valence-corrected chi connectivity index (χ1v) is 14.6. The van der Waals surface area contributed by atoms with Gasteiger partial charge in [0.05, 0.1) is 12.7 Å². The molecule has 1 saturated heterocycles. The molecule has 3 aromatic carbocycles. The third-order valence-electron chi connectivity index (χ3n) is 8.71. The molecule has 2 aliphatic rings. The van der Waals surface area contributed by atoms with Gasteiger partial charge in [-0.05, 0) is 97.7 Å². The van der Waals surface area contributed by atoms with Gasteiger partial charge < -0.3 is 4.74 Å². The number of allylic oxidation sites excluding steroid dienone is 1. The van der Waals surface area contributed by atoms with Gasteiger partial charge in [0.25, 0.3) is 0 Å². The highest BCUT2D eigenvalue weighted by molar-refractivity contribution is 5.61. The summed E-state index contributed by atoms with van der Waals surface area (Å²) in [5.74, 6) is -7.34. The molecule has 42 heavy (non-hydrogen) atoms. The lowest BCUT2D eigenvalue weighted by Crippen LogP contribution is -2.22. The lowest BCUT2D eigenvalue weighted by Gasteiger charge is -2.31. The number of hydrogen-bond donors (Lipinski definition) is 0. The van der Waals surface area contributed by atoms with Crippen LogP contribution < -0.4 is 0 Å². The third kappa shape index (κ3) is 6.43. The maximum atomic E-state index is 15.3. The van der Waals surface area contributed by atoms with Gasteiger partial charge in [0.2, 0.25) is 0 Å². The zero-order valence-corrected chi connectivity index (χ0v) is 23.3. The zero-order valence-electron chi connectivity index (χ0n) is 23.3. The van der Waals surface area contributed by atoms with Crippen LogP contribution in [0.2, 0.25) is 0 Å². The summed E-state index contributed by atoms with van der Waals surface area (Å²) in [4.78, 5) is 0. The van der Waals surface area contributed by atoms with Crippen LogP contribution >= 0.6 is 0 Å². The molecule has 0 aromatic heterocycles. The Kier molecular flexibility index (Phi) is 9.41. The number of rotatable bonds is 7. The Balaban J connectivity index is 1.20. The quantitative estimate of drug-likeness (QED) is 0.197. The van der Waals surface area contributed by atoms with Gasteiger partial charge in [0, 0.05) is 23.5 Å². The molecule has 0 bridgehead atoms. The van der Waals surface area contributed by atoms with E-state index >= 15 is 8.78 Å². The predicted molar refractivity (Wildman–Crippen MR) is 148 cm³/mol. The minimum Gasteiger partial charge on any atom is -0.373 e. The summed E-state index contributed by atoms with van der Waals surface area (Å²) in [6.45, 7) is 1.75. The first kappa shape index (κ1) is 30.3. The van der Waals surface area contributed by atoms with Crippen molar-refractivity contribution < 1.29 is 35.5 Å². The van der Waals surface area contributed by atoms with Crippen LogP contribution in [0.4, 0.5) is 30.7 Å². The van der Waals surface area contributed by atoms with Gasteiger partial charge in [0.15, 0.2) is 23.3 Å². The molecule has 0 radical (unpaired) electrons. The van der Waals surface area contributed by atoms with Gasteiger partial charge in [-0.3, -0.25) is 0 Å². The summed E-state index contributed by atoms with van der Waals surface area (Å²) in [6, 6.07) is 11.4. The van der Waals surface area contributed by atoms with Gasteiger partial charge in [0.1, 0.15) is 17.5 Å². The molecule has 1 aliphatic carbocycles. The Morgan fingerprint density at radius 1 is 0.667 bits per heavy atom. The van der Waals surface area contributed by atoms with E-state index in [1.165, 1.54) is 12.1 Å². The summed E-state index contributed by atoms with van der Waals surface area (Å²) in [5, 5.41) is 0. The molecule has 2 atom stereocenters. The minimum atomic E-state index is -1.55. The van der Waals surface area contributed by atoms with Crippen LogP contribution in [0, 0.1) is 29.1 Å². The molecule has 3 aromatic rings. The molecular weight excluding hydrogens is 557 g/mol. The molecule has 224 valence electrons. The molecular formula is C34H33F7O. The third-order valence-corrected chi connectivity index (χ3v) is 8.71. The SMILES string of the molecule is CCCC(F)=C(F)c1ccc(C2CCC(c3cc(F)c(C4CCC(c5cc(F)c(F)c(F)c5)OC4)c(F)c3)CC2)cc1. The zero-order chi connectivity index (χ0) is 30.0. The fourth-order valence-corrected chi connectivity index (χ4v) is 6.38. The number of ether oxygens (including phenoxy) is 1. The Bertz CT molecular complexity index is 1390. The van der Waals surface area contributed by atoms with Crippen molar-refractivity contribution >= 4 is 5.83 Å². The Labute approximate surface area is 241 Å². The minimum absolute atomic E-state index is 0.00246. The molecule has 1 aliphatic heterocycles. The lowest BCUT2D eigenvalue weighted by molar-refractivity contribution is 0.000626. The number of benzene rings is 3. The first-order chi connectivity index (χ1) is 20.2. The van der Waals surface area contributed by atoms with E-state index in [0.29, 0.717) is 18.4 Å². The Morgan fingerprint density at radius 3 is 1.71 bits per heavy atom. The second kappa shape index (κ2) is 13.0. The highest BCUT2D eigenvalue weighted by Crippen LogP contribution is 2.43. The molecule has 0 amide bonds. The van der Waals surface area contributed by atoms with Crippen molar-refractivity contribution in [2.75, 3.05) is 6.61 Å². The topological polar surface area (TPSA) is 9.23 Å². The summed E-state index contributed by atoms with van der Waals surface area (Å²) >= 11 is 0. The van der Waals surface area contributed by atoms with Crippen LogP contribution in [0.1, 0.15) is 110 Å². The van der Waals surface area contributed by atoms with E-state index in [9.17, 15) is 22.0 Å². The first-order valence-electron chi connectivity index (χ1n) is 14.6. The van der Waals surface area contributed by atoms with E-state index in [0.717, 1.165) is 43.4 Å². The van der Waals surface area contributed by atoms with Gasteiger partial charge in [-0.1, -0.05) is 31.2 Å². The number of halogens is 7. The summed E-state index contributed by atoms with van der Waals surface area (Å²) in [6.07, 6.45) is 3.60. The average molecular weight is 591 g/mol. The van der Waals surface area contributed by atoms with Crippen molar-refractivity contribution in [3.05, 3.63) is 111 Å². The van der Waals surface area contributed by atoms with E-state index in [1.54, 1.807) is 19.1 Å². The van der Waals surface area contributed by atoms with Crippen LogP contribution in [0.25, 0.3) is 5.83 Å². The molecule has 1 saturated carbocycles. The van der Waals surface area contributed by atoms with E-state index in [1.807, 2.05) is 12.1 Å². The molecule has 0 N–H and O–H groups in total. The average Bonchev–Trinajstić information content (AvgIpc) is 2.99. The maximum absolute atomic E-state index is 15.3. The van der Waals surface area contributed by atoms with Gasteiger partial charge in [-0.15, -0.1) is 0 Å². The maximum Gasteiger partial charge on any atom is 0.194 e. The standard InChI is InChI=1S/C34H33F7O/c1-2-3-26(35)33(40)22-10-8-20(9-11-22)19-4-6-21(7-5-19)24-14-27(36)32(28(37)15-24)23-12-13-31(42-18-23)25-16-29(38)34(41)30(39)17-25/h8-11,14-17,19,21,23,31H,2-7,12-13,18H2,1H3. The van der Waals surface area contributed by atoms with Crippen LogP contribution in [0.15, 0.2) is 54.4 Å². The highest BCUT2D eigenvalue weighted by atomic mass is 19.2. The fourth-order valence-electron chi connectivity index (χ4n) is 6.38. The van der Waals surface area contributed by atoms with Crippen LogP contribution in [-0.2, 0) is 4.74 Å². The molecule has 5 rings (SSSR count). The molecule has 0 spiro atoms. The van der Waals surface area contributed by atoms with Crippen molar-refractivity contribution in [3.63, 3.8) is 0 Å². The monoisotopic (exact) mass is 590 g/mol. The van der Waals surface area contributed by atoms with Crippen LogP contribution in [0.3, 0.4) is 0 Å². The molecule has 1 nitrogen and oxygen atoms in total. The lowest BCUT2D eigenvalue weighted by atomic mass is 9.75. The summed E-state index contributed by atoms with van der Waals surface area (Å²) < 4.78 is 105. The van der Waals surface area contributed by atoms with Crippen molar-refractivity contribution in [1.82, 2.24) is 0 Å². The van der Waals surface area contributed by atoms with Crippen LogP contribution in [-0.4, -0.2) is 6.61 Å². The number of hydrogen-bond acceptors (Lipinski definition) is 1. The Hall–Kier alpha value is -3.13. The van der Waals surface area contributed by atoms with Gasteiger partial charge in [-0.2, -0.15) is 0 Å². The largest absolute Gasteiger partial charge is 0.373 e. The van der Waals surface area contributed by atoms with E-state index in [2.05, 4.69) is 0 Å². The van der Waals surface area contributed by atoms with E-state index in [4.69, 9.17) is 4.74 Å². The van der Waals surface area contributed by atoms with Crippen molar-refractivity contribution in [1.29, 1.82) is 0 Å². The molecule has 8 heteroatoms. The van der Waals surface area contributed by atoms with Gasteiger partial charge >= 0.3 is 0 Å². The van der Waals surface area contributed by atoms with E-state index < -0.39 is 52.8 Å². The second-order valence-corrected chi connectivity index (χ2v) is 11.4. The van der Waals surface area contributed by atoms with Crippen molar-refractivity contribution in [3.8, 4) is 0 Å². The molecule has 2 fully saturated rings. The van der Waals surface area contributed by atoms with Crippen molar-refractivity contribution in [2.45, 2.75) is 82.1 Å². The highest BCUT2D eigenvalue weighted by Gasteiger charge is 2.31. The Morgan fingerprint density at radius 2 is 1.19 bits per heavy atom. The van der Waals surface area contributed by atoms with E-state index in [-0.39, 0.29) is 48.0 Å². The summed E-state index contributed by atoms with van der Waals surface area (Å²) in [7, 11) is 0. The predicted octanol–water partition coefficient (Wildman–Crippen LogP) is 10.9. The van der Waals surface area contributed by atoms with Crippen molar-refractivity contribution in [2.24, 2.45) is 0 Å².